The SMILES string of the molecule is CC(C)(C)c1ccccc1N1CCN(C(=O)CCCNC(=O)O)CC1. The Hall–Kier alpha value is -2.24. The lowest BCUT2D eigenvalue weighted by molar-refractivity contribution is -0.131. The van der Waals surface area contributed by atoms with Crippen LogP contribution < -0.4 is 10.2 Å². The van der Waals surface area contributed by atoms with E-state index in [1.807, 2.05) is 4.90 Å². The van der Waals surface area contributed by atoms with Crippen molar-refractivity contribution in [1.29, 1.82) is 0 Å². The topological polar surface area (TPSA) is 72.9 Å². The summed E-state index contributed by atoms with van der Waals surface area (Å²) in [5, 5.41) is 10.8. The number of amides is 2. The maximum atomic E-state index is 12.2. The number of nitrogens with zero attached hydrogens (tertiary/aromatic N) is 2. The molecule has 25 heavy (non-hydrogen) atoms. The number of anilines is 1. The maximum absolute atomic E-state index is 12.2. The minimum absolute atomic E-state index is 0.0840. The summed E-state index contributed by atoms with van der Waals surface area (Å²) >= 11 is 0. The van der Waals surface area contributed by atoms with E-state index < -0.39 is 6.09 Å². The number of hydrogen-bond acceptors (Lipinski definition) is 3. The Balaban J connectivity index is 1.88. The van der Waals surface area contributed by atoms with Gasteiger partial charge in [0.05, 0.1) is 0 Å². The lowest BCUT2D eigenvalue weighted by Crippen LogP contribution is -2.49. The molecule has 0 spiro atoms. The van der Waals surface area contributed by atoms with Crippen LogP contribution in [-0.2, 0) is 10.2 Å². The normalized spacial score (nSPS) is 15.2. The molecule has 0 aromatic heterocycles. The summed E-state index contributed by atoms with van der Waals surface area (Å²) in [6.45, 7) is 10.1. The molecule has 1 saturated heterocycles. The minimum Gasteiger partial charge on any atom is -0.465 e. The van der Waals surface area contributed by atoms with Gasteiger partial charge in [0, 0.05) is 44.8 Å². The molecule has 1 fully saturated rings. The Morgan fingerprint density at radius 2 is 1.76 bits per heavy atom. The van der Waals surface area contributed by atoms with Gasteiger partial charge in [-0.25, -0.2) is 4.79 Å². The van der Waals surface area contributed by atoms with Crippen molar-refractivity contribution in [2.24, 2.45) is 0 Å². The third-order valence-corrected chi connectivity index (χ3v) is 4.53. The number of rotatable bonds is 5. The van der Waals surface area contributed by atoms with Gasteiger partial charge in [0.2, 0.25) is 5.91 Å². The minimum atomic E-state index is -1.04. The van der Waals surface area contributed by atoms with E-state index in [9.17, 15) is 9.59 Å². The Bertz CT molecular complexity index is 602. The standard InChI is InChI=1S/C19H29N3O3/c1-19(2,3)15-7-4-5-8-16(15)21-11-13-22(14-12-21)17(23)9-6-10-20-18(24)25/h4-5,7-8,20H,6,9-14H2,1-3H3,(H,24,25). The van der Waals surface area contributed by atoms with E-state index in [2.05, 4.69) is 55.3 Å². The van der Waals surface area contributed by atoms with Crippen molar-refractivity contribution >= 4 is 17.7 Å². The molecule has 0 radical (unpaired) electrons. The summed E-state index contributed by atoms with van der Waals surface area (Å²) in [6, 6.07) is 8.49. The second kappa shape index (κ2) is 8.23. The number of carboxylic acid groups (broad SMARTS) is 1. The number of carbonyl (C=O) groups excluding carboxylic acids is 1. The predicted molar refractivity (Wildman–Crippen MR) is 99.2 cm³/mol. The molecule has 2 rings (SSSR count). The zero-order valence-electron chi connectivity index (χ0n) is 15.4. The Kier molecular flexibility index (Phi) is 6.28. The van der Waals surface area contributed by atoms with Gasteiger partial charge in [-0.05, 0) is 23.5 Å². The van der Waals surface area contributed by atoms with Crippen molar-refractivity contribution in [1.82, 2.24) is 10.2 Å². The molecule has 6 nitrogen and oxygen atoms in total. The van der Waals surface area contributed by atoms with Crippen LogP contribution in [-0.4, -0.2) is 54.7 Å². The molecule has 1 heterocycles. The molecule has 138 valence electrons. The van der Waals surface area contributed by atoms with Crippen molar-refractivity contribution in [3.8, 4) is 0 Å². The lowest BCUT2D eigenvalue weighted by Gasteiger charge is -2.38. The molecule has 6 heteroatoms. The molecule has 0 atom stereocenters. The van der Waals surface area contributed by atoms with Gasteiger partial charge in [0.25, 0.3) is 0 Å². The molecule has 0 unspecified atom stereocenters. The average molecular weight is 347 g/mol. The van der Waals surface area contributed by atoms with E-state index in [-0.39, 0.29) is 11.3 Å². The predicted octanol–water partition coefficient (Wildman–Crippen LogP) is 2.68. The highest BCUT2D eigenvalue weighted by atomic mass is 16.4. The van der Waals surface area contributed by atoms with E-state index in [1.54, 1.807) is 0 Å². The van der Waals surface area contributed by atoms with Crippen LogP contribution in [0.2, 0.25) is 0 Å². The van der Waals surface area contributed by atoms with E-state index in [0.717, 1.165) is 13.1 Å². The average Bonchev–Trinajstić information content (AvgIpc) is 2.58. The fraction of sp³-hybridized carbons (Fsp3) is 0.579. The fourth-order valence-corrected chi connectivity index (χ4v) is 3.17. The van der Waals surface area contributed by atoms with Gasteiger partial charge in [-0.3, -0.25) is 4.79 Å². The van der Waals surface area contributed by atoms with Crippen molar-refractivity contribution in [2.75, 3.05) is 37.6 Å². The molecule has 1 aromatic carbocycles. The first-order chi connectivity index (χ1) is 11.8. The van der Waals surface area contributed by atoms with Gasteiger partial charge in [-0.2, -0.15) is 0 Å². The summed E-state index contributed by atoms with van der Waals surface area (Å²) in [5.41, 5.74) is 2.67. The summed E-state index contributed by atoms with van der Waals surface area (Å²) in [4.78, 5) is 26.9. The third kappa shape index (κ3) is 5.37. The van der Waals surface area contributed by atoms with Gasteiger partial charge < -0.3 is 20.2 Å². The number of carbonyl (C=O) groups is 2. The fourth-order valence-electron chi connectivity index (χ4n) is 3.17. The third-order valence-electron chi connectivity index (χ3n) is 4.53. The summed E-state index contributed by atoms with van der Waals surface area (Å²) in [6.07, 6.45) is -0.115. The van der Waals surface area contributed by atoms with Crippen LogP contribution in [0.25, 0.3) is 0 Å². The van der Waals surface area contributed by atoms with Crippen molar-refractivity contribution in [3.05, 3.63) is 29.8 Å². The van der Waals surface area contributed by atoms with Crippen LogP contribution >= 0.6 is 0 Å². The van der Waals surface area contributed by atoms with Crippen LogP contribution in [0.15, 0.2) is 24.3 Å². The quantitative estimate of drug-likeness (QED) is 0.803. The van der Waals surface area contributed by atoms with E-state index in [1.165, 1.54) is 11.3 Å². The van der Waals surface area contributed by atoms with Crippen LogP contribution in [0.4, 0.5) is 10.5 Å². The van der Waals surface area contributed by atoms with Crippen molar-refractivity contribution in [3.63, 3.8) is 0 Å². The second-order valence-electron chi connectivity index (χ2n) is 7.47. The largest absolute Gasteiger partial charge is 0.465 e. The van der Waals surface area contributed by atoms with Crippen LogP contribution in [0.1, 0.15) is 39.2 Å². The smallest absolute Gasteiger partial charge is 0.404 e. The molecule has 0 aliphatic carbocycles. The second-order valence-corrected chi connectivity index (χ2v) is 7.47. The monoisotopic (exact) mass is 347 g/mol. The summed E-state index contributed by atoms with van der Waals surface area (Å²) in [7, 11) is 0. The van der Waals surface area contributed by atoms with Crippen LogP contribution in [0.5, 0.6) is 0 Å². The van der Waals surface area contributed by atoms with Gasteiger partial charge in [-0.1, -0.05) is 39.0 Å². The van der Waals surface area contributed by atoms with Crippen LogP contribution in [0.3, 0.4) is 0 Å². The molecule has 2 amide bonds. The highest BCUT2D eigenvalue weighted by Gasteiger charge is 2.25. The zero-order chi connectivity index (χ0) is 18.4. The van der Waals surface area contributed by atoms with E-state index >= 15 is 0 Å². The summed E-state index contributed by atoms with van der Waals surface area (Å²) in [5.74, 6) is 0.107. The Labute approximate surface area is 149 Å². The van der Waals surface area contributed by atoms with Gasteiger partial charge in [0.1, 0.15) is 0 Å². The highest BCUT2D eigenvalue weighted by Crippen LogP contribution is 2.32. The van der Waals surface area contributed by atoms with E-state index in [4.69, 9.17) is 5.11 Å². The zero-order valence-corrected chi connectivity index (χ0v) is 15.4. The van der Waals surface area contributed by atoms with E-state index in [0.29, 0.717) is 32.5 Å². The number of hydrogen-bond donors (Lipinski definition) is 2. The molecule has 0 bridgehead atoms. The summed E-state index contributed by atoms with van der Waals surface area (Å²) < 4.78 is 0. The molecular weight excluding hydrogens is 318 g/mol. The first-order valence-corrected chi connectivity index (χ1v) is 8.88. The first-order valence-electron chi connectivity index (χ1n) is 8.88. The Morgan fingerprint density at radius 1 is 1.12 bits per heavy atom. The van der Waals surface area contributed by atoms with Crippen LogP contribution in [0, 0.1) is 0 Å². The number of para-hydroxylation sites is 1. The molecule has 1 aromatic rings. The Morgan fingerprint density at radius 3 is 2.36 bits per heavy atom. The van der Waals surface area contributed by atoms with Gasteiger partial charge in [0.15, 0.2) is 0 Å². The van der Waals surface area contributed by atoms with Crippen molar-refractivity contribution < 1.29 is 14.7 Å². The molecule has 2 N–H and O–H groups in total. The first kappa shape index (κ1) is 19.1. The van der Waals surface area contributed by atoms with Crippen molar-refractivity contribution in [2.45, 2.75) is 39.0 Å². The number of nitrogens with one attached hydrogen (secondary N) is 1. The highest BCUT2D eigenvalue weighted by molar-refractivity contribution is 5.76. The number of piperazine rings is 1. The van der Waals surface area contributed by atoms with Gasteiger partial charge in [-0.15, -0.1) is 0 Å². The number of benzene rings is 1. The van der Waals surface area contributed by atoms with Gasteiger partial charge >= 0.3 is 6.09 Å². The molecular formula is C19H29N3O3. The lowest BCUT2D eigenvalue weighted by atomic mass is 9.85. The molecule has 1 aliphatic heterocycles. The molecule has 0 saturated carbocycles. The molecule has 1 aliphatic rings. The maximum Gasteiger partial charge on any atom is 0.404 e.